The Morgan fingerprint density at radius 3 is 2.58 bits per heavy atom. The van der Waals surface area contributed by atoms with Crippen molar-refractivity contribution < 1.29 is 5.11 Å². The van der Waals surface area contributed by atoms with Gasteiger partial charge < -0.3 is 15.7 Å². The molecule has 3 nitrogen and oxygen atoms in total. The maximum Gasteiger partial charge on any atom is 0.0789 e. The Bertz CT molecular complexity index is 113. The highest BCUT2D eigenvalue weighted by atomic mass is 32.2. The van der Waals surface area contributed by atoms with Crippen molar-refractivity contribution in [3.63, 3.8) is 0 Å². The third kappa shape index (κ3) is 4.98. The zero-order valence-electron chi connectivity index (χ0n) is 8.16. The number of nitrogens with two attached hydrogens (primary N) is 1. The number of aliphatic hydroxyl groups is 1. The fourth-order valence-electron chi connectivity index (χ4n) is 0.955. The van der Waals surface area contributed by atoms with E-state index in [2.05, 4.69) is 18.1 Å². The molecule has 4 heteroatoms. The van der Waals surface area contributed by atoms with Gasteiger partial charge in [0.05, 0.1) is 6.10 Å². The Hall–Kier alpha value is 0.230. The molecule has 0 rings (SSSR count). The molecule has 2 atom stereocenters. The van der Waals surface area contributed by atoms with Crippen LogP contribution in [0.2, 0.25) is 0 Å². The van der Waals surface area contributed by atoms with Gasteiger partial charge in [0.1, 0.15) is 0 Å². The molecule has 0 amide bonds. The molecule has 0 aromatic rings. The highest BCUT2D eigenvalue weighted by molar-refractivity contribution is 7.98. The first-order valence-electron chi connectivity index (χ1n) is 4.19. The van der Waals surface area contributed by atoms with Crippen molar-refractivity contribution in [2.75, 3.05) is 32.1 Å². The second kappa shape index (κ2) is 6.71. The average molecular weight is 192 g/mol. The Morgan fingerprint density at radius 2 is 2.17 bits per heavy atom. The van der Waals surface area contributed by atoms with E-state index in [1.165, 1.54) is 0 Å². The predicted molar refractivity (Wildman–Crippen MR) is 55.5 cm³/mol. The van der Waals surface area contributed by atoms with Gasteiger partial charge in [-0.05, 0) is 20.2 Å². The van der Waals surface area contributed by atoms with Gasteiger partial charge in [-0.3, -0.25) is 0 Å². The minimum Gasteiger partial charge on any atom is -0.390 e. The van der Waals surface area contributed by atoms with Crippen LogP contribution in [-0.4, -0.2) is 54.3 Å². The monoisotopic (exact) mass is 192 g/mol. The summed E-state index contributed by atoms with van der Waals surface area (Å²) >= 11 is 1.82. The summed E-state index contributed by atoms with van der Waals surface area (Å²) in [6, 6.07) is 0.501. The van der Waals surface area contributed by atoms with Crippen LogP contribution in [0.4, 0.5) is 0 Å². The number of likely N-dealkylation sites (N-methyl/N-ethyl adjacent to an activating group) is 1. The van der Waals surface area contributed by atoms with Crippen LogP contribution in [0, 0.1) is 0 Å². The Labute approximate surface area is 79.3 Å². The van der Waals surface area contributed by atoms with Gasteiger partial charge >= 0.3 is 0 Å². The Kier molecular flexibility index (Phi) is 6.84. The van der Waals surface area contributed by atoms with Crippen molar-refractivity contribution in [2.24, 2.45) is 5.73 Å². The van der Waals surface area contributed by atoms with Crippen molar-refractivity contribution in [1.29, 1.82) is 0 Å². The predicted octanol–water partition coefficient (Wildman–Crippen LogP) is -0.0107. The quantitative estimate of drug-likeness (QED) is 0.621. The van der Waals surface area contributed by atoms with E-state index in [-0.39, 0.29) is 6.10 Å². The molecule has 3 N–H and O–H groups in total. The SMILES string of the molecule is CSCC(C)N(C)CC(O)CN. The van der Waals surface area contributed by atoms with Crippen LogP contribution in [-0.2, 0) is 0 Å². The molecule has 0 saturated heterocycles. The number of hydrogen-bond donors (Lipinski definition) is 2. The van der Waals surface area contributed by atoms with E-state index in [4.69, 9.17) is 5.73 Å². The Balaban J connectivity index is 3.62. The molecule has 12 heavy (non-hydrogen) atoms. The van der Waals surface area contributed by atoms with Crippen LogP contribution < -0.4 is 5.73 Å². The standard InChI is InChI=1S/C8H20N2OS/c1-7(6-12-3)10(2)5-8(11)4-9/h7-8,11H,4-6,9H2,1-3H3. The first-order chi connectivity index (χ1) is 5.61. The highest BCUT2D eigenvalue weighted by Crippen LogP contribution is 2.03. The molecule has 0 heterocycles. The number of rotatable bonds is 6. The number of hydrogen-bond acceptors (Lipinski definition) is 4. The van der Waals surface area contributed by atoms with Crippen molar-refractivity contribution in [3.8, 4) is 0 Å². The summed E-state index contributed by atoms with van der Waals surface area (Å²) in [6.45, 7) is 3.16. The molecule has 0 aliphatic rings. The third-order valence-corrected chi connectivity index (χ3v) is 2.75. The Morgan fingerprint density at radius 1 is 1.58 bits per heavy atom. The topological polar surface area (TPSA) is 49.5 Å². The fourth-order valence-corrected chi connectivity index (χ4v) is 1.69. The normalized spacial score (nSPS) is 16.5. The van der Waals surface area contributed by atoms with E-state index in [1.54, 1.807) is 0 Å². The van der Waals surface area contributed by atoms with E-state index in [9.17, 15) is 5.11 Å². The van der Waals surface area contributed by atoms with Crippen LogP contribution in [0.1, 0.15) is 6.92 Å². The maximum atomic E-state index is 9.27. The van der Waals surface area contributed by atoms with Crippen LogP contribution in [0.3, 0.4) is 0 Å². The first kappa shape index (κ1) is 12.2. The van der Waals surface area contributed by atoms with E-state index < -0.39 is 0 Å². The van der Waals surface area contributed by atoms with E-state index in [0.29, 0.717) is 19.1 Å². The molecule has 0 aliphatic carbocycles. The van der Waals surface area contributed by atoms with E-state index in [1.807, 2.05) is 18.8 Å². The van der Waals surface area contributed by atoms with Crippen LogP contribution >= 0.6 is 11.8 Å². The summed E-state index contributed by atoms with van der Waals surface area (Å²) in [7, 11) is 2.01. The van der Waals surface area contributed by atoms with Gasteiger partial charge in [0, 0.05) is 24.9 Å². The molecule has 0 aromatic carbocycles. The molecular formula is C8H20N2OS. The lowest BCUT2D eigenvalue weighted by atomic mass is 10.3. The molecule has 0 spiro atoms. The second-order valence-corrected chi connectivity index (χ2v) is 4.04. The molecule has 0 aromatic heterocycles. The zero-order valence-corrected chi connectivity index (χ0v) is 8.97. The van der Waals surface area contributed by atoms with E-state index >= 15 is 0 Å². The second-order valence-electron chi connectivity index (χ2n) is 3.13. The van der Waals surface area contributed by atoms with Crippen molar-refractivity contribution >= 4 is 11.8 Å². The van der Waals surface area contributed by atoms with Crippen LogP contribution in [0.25, 0.3) is 0 Å². The van der Waals surface area contributed by atoms with Gasteiger partial charge in [-0.25, -0.2) is 0 Å². The highest BCUT2D eigenvalue weighted by Gasteiger charge is 2.11. The number of nitrogens with zero attached hydrogens (tertiary/aromatic N) is 1. The summed E-state index contributed by atoms with van der Waals surface area (Å²) < 4.78 is 0. The van der Waals surface area contributed by atoms with Gasteiger partial charge in [-0.15, -0.1) is 0 Å². The summed E-state index contributed by atoms with van der Waals surface area (Å²) in [4.78, 5) is 2.13. The molecular weight excluding hydrogens is 172 g/mol. The minimum absolute atomic E-state index is 0.344. The van der Waals surface area contributed by atoms with Crippen molar-refractivity contribution in [3.05, 3.63) is 0 Å². The first-order valence-corrected chi connectivity index (χ1v) is 5.58. The van der Waals surface area contributed by atoms with Gasteiger partial charge in [-0.1, -0.05) is 0 Å². The summed E-state index contributed by atoms with van der Waals surface area (Å²) in [5, 5.41) is 9.27. The van der Waals surface area contributed by atoms with Gasteiger partial charge in [-0.2, -0.15) is 11.8 Å². The fraction of sp³-hybridized carbons (Fsp3) is 1.00. The van der Waals surface area contributed by atoms with Gasteiger partial charge in [0.15, 0.2) is 0 Å². The number of thioether (sulfide) groups is 1. The minimum atomic E-state index is -0.390. The lowest BCUT2D eigenvalue weighted by Crippen LogP contribution is -2.39. The lowest BCUT2D eigenvalue weighted by molar-refractivity contribution is 0.119. The third-order valence-electron chi connectivity index (χ3n) is 1.93. The molecule has 0 saturated carbocycles. The molecule has 0 fully saturated rings. The smallest absolute Gasteiger partial charge is 0.0789 e. The van der Waals surface area contributed by atoms with Crippen LogP contribution in [0.5, 0.6) is 0 Å². The molecule has 0 bridgehead atoms. The summed E-state index contributed by atoms with van der Waals surface area (Å²) in [6.07, 6.45) is 1.70. The van der Waals surface area contributed by atoms with Gasteiger partial charge in [0.2, 0.25) is 0 Å². The summed E-state index contributed by atoms with van der Waals surface area (Å²) in [5.41, 5.74) is 5.31. The average Bonchev–Trinajstić information content (AvgIpc) is 2.04. The molecule has 0 radical (unpaired) electrons. The molecule has 0 aliphatic heterocycles. The zero-order chi connectivity index (χ0) is 9.56. The van der Waals surface area contributed by atoms with Crippen molar-refractivity contribution in [2.45, 2.75) is 19.1 Å². The molecule has 74 valence electrons. The number of aliphatic hydroxyl groups excluding tert-OH is 1. The van der Waals surface area contributed by atoms with E-state index in [0.717, 1.165) is 5.75 Å². The maximum absolute atomic E-state index is 9.27. The summed E-state index contributed by atoms with van der Waals surface area (Å²) in [5.74, 6) is 1.09. The largest absolute Gasteiger partial charge is 0.390 e. The van der Waals surface area contributed by atoms with Crippen molar-refractivity contribution in [1.82, 2.24) is 4.90 Å². The lowest BCUT2D eigenvalue weighted by Gasteiger charge is -2.25. The molecule has 2 unspecified atom stereocenters. The van der Waals surface area contributed by atoms with Crippen LogP contribution in [0.15, 0.2) is 0 Å². The van der Waals surface area contributed by atoms with Gasteiger partial charge in [0.25, 0.3) is 0 Å².